The minimum atomic E-state index is 0.0845. The summed E-state index contributed by atoms with van der Waals surface area (Å²) >= 11 is 1.92. The maximum Gasteiger partial charge on any atom is 0.274 e. The molecule has 1 aromatic heterocycles. The summed E-state index contributed by atoms with van der Waals surface area (Å²) in [6.45, 7) is 15.4. The minimum Gasteiger partial charge on any atom is -0.379 e. The second-order valence-corrected chi connectivity index (χ2v) is 10.6. The highest BCUT2D eigenvalue weighted by atomic mass is 32.2. The Bertz CT molecular complexity index is 781. The first-order chi connectivity index (χ1) is 15.0. The van der Waals surface area contributed by atoms with Crippen LogP contribution in [0.25, 0.3) is 0 Å². The number of nitrogens with one attached hydrogen (secondary N) is 1. The van der Waals surface area contributed by atoms with Crippen LogP contribution in [0.1, 0.15) is 42.0 Å². The van der Waals surface area contributed by atoms with Gasteiger partial charge in [0, 0.05) is 67.1 Å². The first-order valence-corrected chi connectivity index (χ1v) is 12.8. The highest BCUT2D eigenvalue weighted by Crippen LogP contribution is 2.27. The number of hydrogen-bond acceptors (Lipinski definition) is 6. The Balaban J connectivity index is 1.46. The molecule has 0 bridgehead atoms. The van der Waals surface area contributed by atoms with Gasteiger partial charge in [0.05, 0.1) is 19.8 Å². The van der Waals surface area contributed by atoms with Crippen molar-refractivity contribution in [2.24, 2.45) is 0 Å². The number of amides is 1. The van der Waals surface area contributed by atoms with E-state index >= 15 is 0 Å². The molecule has 3 heterocycles. The number of hydrogen-bond donors (Lipinski definition) is 1. The van der Waals surface area contributed by atoms with Crippen LogP contribution >= 0.6 is 11.8 Å². The van der Waals surface area contributed by atoms with Gasteiger partial charge in [0.2, 0.25) is 0 Å². The van der Waals surface area contributed by atoms with E-state index < -0.39 is 0 Å². The highest BCUT2D eigenvalue weighted by molar-refractivity contribution is 7.99. The molecule has 2 saturated heterocycles. The van der Waals surface area contributed by atoms with E-state index in [4.69, 9.17) is 9.84 Å². The fourth-order valence-corrected chi connectivity index (χ4v) is 5.80. The van der Waals surface area contributed by atoms with Gasteiger partial charge in [-0.15, -0.1) is 6.58 Å². The zero-order valence-corrected chi connectivity index (χ0v) is 19.9. The second-order valence-electron chi connectivity index (χ2n) is 9.38. The van der Waals surface area contributed by atoms with Crippen LogP contribution in [0.3, 0.4) is 0 Å². The maximum absolute atomic E-state index is 13.3. The van der Waals surface area contributed by atoms with Crippen LogP contribution in [0.5, 0.6) is 0 Å². The molecular weight excluding hydrogens is 410 g/mol. The van der Waals surface area contributed by atoms with Crippen molar-refractivity contribution >= 4 is 17.7 Å². The molecule has 1 N–H and O–H groups in total. The highest BCUT2D eigenvalue weighted by Gasteiger charge is 2.33. The van der Waals surface area contributed by atoms with E-state index in [-0.39, 0.29) is 11.4 Å². The summed E-state index contributed by atoms with van der Waals surface area (Å²) in [5.41, 5.74) is 3.13. The van der Waals surface area contributed by atoms with Crippen LogP contribution in [0.15, 0.2) is 12.7 Å². The van der Waals surface area contributed by atoms with Gasteiger partial charge in [-0.1, -0.05) is 6.08 Å². The lowest BCUT2D eigenvalue weighted by Gasteiger charge is -2.42. The average molecular weight is 448 g/mol. The Labute approximate surface area is 190 Å². The summed E-state index contributed by atoms with van der Waals surface area (Å²) in [7, 11) is 0. The van der Waals surface area contributed by atoms with E-state index in [0.29, 0.717) is 18.3 Å². The van der Waals surface area contributed by atoms with Crippen molar-refractivity contribution < 1.29 is 9.53 Å². The minimum absolute atomic E-state index is 0.0845. The molecule has 3 aliphatic rings. The van der Waals surface area contributed by atoms with E-state index in [0.717, 1.165) is 82.3 Å². The molecule has 1 aromatic rings. The van der Waals surface area contributed by atoms with Crippen LogP contribution in [0.4, 0.5) is 0 Å². The number of fused-ring (bicyclic) bond motifs is 1. The summed E-state index contributed by atoms with van der Waals surface area (Å²) in [6, 6.07) is 0.373. The summed E-state index contributed by atoms with van der Waals surface area (Å²) in [6.07, 6.45) is 4.77. The molecular formula is C23H37N5O2S. The average Bonchev–Trinajstić information content (AvgIpc) is 3.16. The van der Waals surface area contributed by atoms with Gasteiger partial charge in [-0.25, -0.2) is 0 Å². The Morgan fingerprint density at radius 1 is 1.29 bits per heavy atom. The Hall–Kier alpha value is -1.35. The van der Waals surface area contributed by atoms with Crippen molar-refractivity contribution in [3.8, 4) is 0 Å². The fourth-order valence-electron chi connectivity index (χ4n) is 4.90. The van der Waals surface area contributed by atoms with E-state index in [2.05, 4.69) is 30.6 Å². The summed E-state index contributed by atoms with van der Waals surface area (Å²) in [5.74, 6) is 2.14. The van der Waals surface area contributed by atoms with Crippen LogP contribution < -0.4 is 5.32 Å². The molecule has 8 heteroatoms. The first kappa shape index (κ1) is 22.8. The SMILES string of the molecule is C=CCn1nc(C(=O)N2CCSCC2)c2c1CCC(NCC(C)(C)N1CCOCC1)C2. The number of ether oxygens (including phenoxy) is 1. The van der Waals surface area contributed by atoms with Crippen molar-refractivity contribution in [1.82, 2.24) is 24.9 Å². The molecule has 172 valence electrons. The van der Waals surface area contributed by atoms with Crippen molar-refractivity contribution in [2.45, 2.75) is 51.2 Å². The Morgan fingerprint density at radius 2 is 2.03 bits per heavy atom. The molecule has 1 atom stereocenters. The normalized spacial score (nSPS) is 22.9. The summed E-state index contributed by atoms with van der Waals surface area (Å²) in [4.78, 5) is 17.8. The van der Waals surface area contributed by atoms with Crippen LogP contribution in [0, 0.1) is 0 Å². The molecule has 7 nitrogen and oxygen atoms in total. The van der Waals surface area contributed by atoms with Crippen LogP contribution in [-0.2, 0) is 24.1 Å². The topological polar surface area (TPSA) is 62.6 Å². The van der Waals surface area contributed by atoms with E-state index in [1.807, 2.05) is 27.4 Å². The van der Waals surface area contributed by atoms with Crippen molar-refractivity contribution in [2.75, 3.05) is 57.4 Å². The van der Waals surface area contributed by atoms with Crippen molar-refractivity contribution in [1.29, 1.82) is 0 Å². The smallest absolute Gasteiger partial charge is 0.274 e. The van der Waals surface area contributed by atoms with Gasteiger partial charge in [0.25, 0.3) is 5.91 Å². The lowest BCUT2D eigenvalue weighted by molar-refractivity contribution is -0.0104. The molecule has 0 radical (unpaired) electrons. The molecule has 0 saturated carbocycles. The zero-order chi connectivity index (χ0) is 21.8. The van der Waals surface area contributed by atoms with Gasteiger partial charge in [-0.05, 0) is 33.1 Å². The van der Waals surface area contributed by atoms with Crippen molar-refractivity contribution in [3.05, 3.63) is 29.6 Å². The monoisotopic (exact) mass is 447 g/mol. The maximum atomic E-state index is 13.3. The quantitative estimate of drug-likeness (QED) is 0.644. The van der Waals surface area contributed by atoms with Gasteiger partial charge >= 0.3 is 0 Å². The van der Waals surface area contributed by atoms with Crippen LogP contribution in [0.2, 0.25) is 0 Å². The van der Waals surface area contributed by atoms with Gasteiger partial charge in [0.1, 0.15) is 0 Å². The summed E-state index contributed by atoms with van der Waals surface area (Å²) < 4.78 is 7.52. The molecule has 1 amide bonds. The Morgan fingerprint density at radius 3 is 2.74 bits per heavy atom. The van der Waals surface area contributed by atoms with E-state index in [1.165, 1.54) is 5.69 Å². The molecule has 31 heavy (non-hydrogen) atoms. The third kappa shape index (κ3) is 5.18. The third-order valence-electron chi connectivity index (χ3n) is 6.84. The van der Waals surface area contributed by atoms with Crippen LogP contribution in [-0.4, -0.2) is 94.5 Å². The number of allylic oxidation sites excluding steroid dienone is 1. The predicted molar refractivity (Wildman–Crippen MR) is 126 cm³/mol. The van der Waals surface area contributed by atoms with Gasteiger partial charge in [-0.3, -0.25) is 14.4 Å². The molecule has 0 aromatic carbocycles. The predicted octanol–water partition coefficient (Wildman–Crippen LogP) is 1.82. The third-order valence-corrected chi connectivity index (χ3v) is 7.78. The number of rotatable bonds is 7. The molecule has 1 aliphatic carbocycles. The van der Waals surface area contributed by atoms with Gasteiger partial charge in [0.15, 0.2) is 5.69 Å². The number of thioether (sulfide) groups is 1. The lowest BCUT2D eigenvalue weighted by Crippen LogP contribution is -2.56. The molecule has 4 rings (SSSR count). The Kier molecular flexibility index (Phi) is 7.41. The fraction of sp³-hybridized carbons (Fsp3) is 0.739. The zero-order valence-electron chi connectivity index (χ0n) is 19.1. The number of carbonyl (C=O) groups is 1. The number of nitrogens with zero attached hydrogens (tertiary/aromatic N) is 4. The number of carbonyl (C=O) groups excluding carboxylic acids is 1. The standard InChI is InChI=1S/C23H37N5O2S/c1-4-7-28-20-6-5-18(24-17-23(2,3)27-8-12-30-13-9-27)16-19(20)21(25-28)22(29)26-10-14-31-15-11-26/h4,18,24H,1,5-17H2,2-3H3. The van der Waals surface area contributed by atoms with Gasteiger partial charge in [-0.2, -0.15) is 16.9 Å². The molecule has 2 aliphatic heterocycles. The number of aromatic nitrogens is 2. The lowest BCUT2D eigenvalue weighted by atomic mass is 9.90. The van der Waals surface area contributed by atoms with E-state index in [9.17, 15) is 4.79 Å². The largest absolute Gasteiger partial charge is 0.379 e. The number of morpholine rings is 1. The van der Waals surface area contributed by atoms with Crippen molar-refractivity contribution in [3.63, 3.8) is 0 Å². The molecule has 1 unspecified atom stereocenters. The van der Waals surface area contributed by atoms with E-state index in [1.54, 1.807) is 0 Å². The molecule has 0 spiro atoms. The summed E-state index contributed by atoms with van der Waals surface area (Å²) in [5, 5.41) is 8.59. The second kappa shape index (κ2) is 10.1. The molecule has 2 fully saturated rings. The first-order valence-electron chi connectivity index (χ1n) is 11.6. The van der Waals surface area contributed by atoms with Gasteiger partial charge < -0.3 is 15.0 Å².